The Kier molecular flexibility index (Phi) is 6.68. The van der Waals surface area contributed by atoms with E-state index in [1.165, 1.54) is 12.8 Å². The van der Waals surface area contributed by atoms with Crippen LogP contribution in [0.2, 0.25) is 24.7 Å². The summed E-state index contributed by atoms with van der Waals surface area (Å²) in [6, 6.07) is 0. The van der Waals surface area contributed by atoms with Crippen LogP contribution >= 0.6 is 0 Å². The first-order valence-corrected chi connectivity index (χ1v) is 12.4. The zero-order valence-electron chi connectivity index (χ0n) is 13.6. The maximum absolute atomic E-state index is 6.58. The van der Waals surface area contributed by atoms with Crippen LogP contribution in [-0.4, -0.2) is 23.1 Å². The van der Waals surface area contributed by atoms with Gasteiger partial charge in [-0.25, -0.2) is 0 Å². The Morgan fingerprint density at radius 1 is 1.06 bits per heavy atom. The first-order chi connectivity index (χ1) is 7.61. The molecular formula is C14H34OSi2. The Bertz CT molecular complexity index is 228. The summed E-state index contributed by atoms with van der Waals surface area (Å²) in [5, 5.41) is 0.602. The molecule has 0 rings (SSSR count). The van der Waals surface area contributed by atoms with Crippen LogP contribution in [0.15, 0.2) is 0 Å². The average Bonchev–Trinajstić information content (AvgIpc) is 2.25. The molecule has 0 radical (unpaired) electrons. The van der Waals surface area contributed by atoms with Crippen LogP contribution in [0, 0.1) is 5.92 Å². The number of hydrogen-bond acceptors (Lipinski definition) is 1. The molecule has 3 heteroatoms. The molecule has 0 aromatic carbocycles. The highest BCUT2D eigenvalue weighted by Crippen LogP contribution is 2.44. The molecule has 0 aliphatic rings. The molecule has 3 atom stereocenters. The first-order valence-electron chi connectivity index (χ1n) is 7.29. The van der Waals surface area contributed by atoms with Crippen molar-refractivity contribution in [2.24, 2.45) is 5.92 Å². The molecular weight excluding hydrogens is 240 g/mol. The highest BCUT2D eigenvalue weighted by Gasteiger charge is 2.40. The zero-order valence-corrected chi connectivity index (χ0v) is 15.9. The lowest BCUT2D eigenvalue weighted by Gasteiger charge is -2.43. The molecule has 0 saturated carbocycles. The van der Waals surface area contributed by atoms with Gasteiger partial charge in [0.05, 0.1) is 8.80 Å². The van der Waals surface area contributed by atoms with Crippen molar-refractivity contribution in [3.05, 3.63) is 0 Å². The Hall–Kier alpha value is 0.394. The summed E-state index contributed by atoms with van der Waals surface area (Å²) < 4.78 is 6.58. The van der Waals surface area contributed by atoms with Gasteiger partial charge in [0, 0.05) is 5.22 Å². The SMILES string of the molecule is CC[C@@H](C)C(C)(CC)[SiH](C)OC(C)(C)[SiH](C)C. The lowest BCUT2D eigenvalue weighted by Crippen LogP contribution is -2.47. The van der Waals surface area contributed by atoms with E-state index in [-0.39, 0.29) is 5.22 Å². The molecule has 0 spiro atoms. The molecule has 0 fully saturated rings. The van der Waals surface area contributed by atoms with Crippen molar-refractivity contribution in [1.29, 1.82) is 0 Å². The Labute approximate surface area is 113 Å². The fourth-order valence-corrected chi connectivity index (χ4v) is 6.72. The summed E-state index contributed by atoms with van der Waals surface area (Å²) in [7, 11) is -1.90. The normalized spacial score (nSPS) is 20.1. The molecule has 0 N–H and O–H groups in total. The van der Waals surface area contributed by atoms with Gasteiger partial charge in [0.2, 0.25) is 0 Å². The predicted molar refractivity (Wildman–Crippen MR) is 85.2 cm³/mol. The van der Waals surface area contributed by atoms with E-state index < -0.39 is 17.8 Å². The third kappa shape index (κ3) is 4.21. The van der Waals surface area contributed by atoms with E-state index in [1.54, 1.807) is 0 Å². The van der Waals surface area contributed by atoms with E-state index in [1.807, 2.05) is 0 Å². The summed E-state index contributed by atoms with van der Waals surface area (Å²) in [5.74, 6) is 0.777. The van der Waals surface area contributed by atoms with Gasteiger partial charge >= 0.3 is 0 Å². The van der Waals surface area contributed by atoms with E-state index in [0.29, 0.717) is 5.04 Å². The quantitative estimate of drug-likeness (QED) is 0.626. The van der Waals surface area contributed by atoms with Crippen molar-refractivity contribution in [2.45, 2.75) is 84.3 Å². The minimum atomic E-state index is -1.15. The molecule has 104 valence electrons. The van der Waals surface area contributed by atoms with Crippen LogP contribution < -0.4 is 0 Å². The minimum absolute atomic E-state index is 0.162. The summed E-state index contributed by atoms with van der Waals surface area (Å²) in [6.07, 6.45) is 2.52. The van der Waals surface area contributed by atoms with Gasteiger partial charge in [0.1, 0.15) is 0 Å². The van der Waals surface area contributed by atoms with Gasteiger partial charge in [-0.3, -0.25) is 0 Å². The molecule has 1 nitrogen and oxygen atoms in total. The lowest BCUT2D eigenvalue weighted by atomic mass is 9.90. The van der Waals surface area contributed by atoms with Gasteiger partial charge in [-0.1, -0.05) is 53.6 Å². The van der Waals surface area contributed by atoms with Crippen LogP contribution in [-0.2, 0) is 4.43 Å². The van der Waals surface area contributed by atoms with Crippen LogP contribution in [0.4, 0.5) is 0 Å². The van der Waals surface area contributed by atoms with Gasteiger partial charge in [-0.05, 0) is 31.4 Å². The van der Waals surface area contributed by atoms with Crippen molar-refractivity contribution >= 4 is 17.8 Å². The first kappa shape index (κ1) is 17.4. The van der Waals surface area contributed by atoms with Crippen LogP contribution in [0.25, 0.3) is 0 Å². The van der Waals surface area contributed by atoms with Crippen LogP contribution in [0.5, 0.6) is 0 Å². The molecule has 0 aliphatic carbocycles. The largest absolute Gasteiger partial charge is 0.418 e. The van der Waals surface area contributed by atoms with Crippen molar-refractivity contribution in [3.63, 3.8) is 0 Å². The van der Waals surface area contributed by atoms with Gasteiger partial charge in [-0.15, -0.1) is 0 Å². The van der Waals surface area contributed by atoms with Crippen molar-refractivity contribution in [2.75, 3.05) is 0 Å². The Morgan fingerprint density at radius 3 is 1.82 bits per heavy atom. The van der Waals surface area contributed by atoms with E-state index in [4.69, 9.17) is 4.43 Å². The molecule has 0 amide bonds. The lowest BCUT2D eigenvalue weighted by molar-refractivity contribution is 0.167. The van der Waals surface area contributed by atoms with Crippen molar-refractivity contribution in [3.8, 4) is 0 Å². The van der Waals surface area contributed by atoms with Crippen molar-refractivity contribution < 1.29 is 4.43 Å². The average molecular weight is 275 g/mol. The van der Waals surface area contributed by atoms with Crippen LogP contribution in [0.3, 0.4) is 0 Å². The summed E-state index contributed by atoms with van der Waals surface area (Å²) in [4.78, 5) is 0. The molecule has 17 heavy (non-hydrogen) atoms. The fourth-order valence-electron chi connectivity index (χ4n) is 2.23. The monoisotopic (exact) mass is 274 g/mol. The highest BCUT2D eigenvalue weighted by molar-refractivity contribution is 6.61. The minimum Gasteiger partial charge on any atom is -0.418 e. The zero-order chi connectivity index (χ0) is 13.9. The van der Waals surface area contributed by atoms with Crippen molar-refractivity contribution in [1.82, 2.24) is 0 Å². The molecule has 0 bridgehead atoms. The van der Waals surface area contributed by atoms with Gasteiger partial charge in [0.25, 0.3) is 0 Å². The standard InChI is InChI=1S/C14H34OSi2/c1-10-12(3)14(6,11-2)17(9)15-13(4,5)16(7)8/h12,16-17H,10-11H2,1-9H3/t12-,14?,17?/m1/s1. The Balaban J connectivity index is 4.83. The molecule has 0 heterocycles. The van der Waals surface area contributed by atoms with E-state index in [9.17, 15) is 0 Å². The van der Waals surface area contributed by atoms with E-state index in [2.05, 4.69) is 61.2 Å². The Morgan fingerprint density at radius 2 is 1.53 bits per heavy atom. The highest BCUT2D eigenvalue weighted by atomic mass is 28.3. The predicted octanol–water partition coefficient (Wildman–Crippen LogP) is 4.38. The second-order valence-corrected chi connectivity index (χ2v) is 13.2. The van der Waals surface area contributed by atoms with Gasteiger partial charge < -0.3 is 4.43 Å². The second kappa shape index (κ2) is 6.53. The van der Waals surface area contributed by atoms with Gasteiger partial charge in [0.15, 0.2) is 9.04 Å². The number of hydrogen-bond donors (Lipinski definition) is 0. The topological polar surface area (TPSA) is 9.23 Å². The van der Waals surface area contributed by atoms with E-state index in [0.717, 1.165) is 5.92 Å². The maximum Gasteiger partial charge on any atom is 0.180 e. The second-order valence-electron chi connectivity index (χ2n) is 6.69. The summed E-state index contributed by atoms with van der Waals surface area (Å²) in [6.45, 7) is 21.3. The number of rotatable bonds is 7. The summed E-state index contributed by atoms with van der Waals surface area (Å²) in [5.41, 5.74) is 0. The third-order valence-electron chi connectivity index (χ3n) is 5.30. The fraction of sp³-hybridized carbons (Fsp3) is 1.00. The molecule has 2 unspecified atom stereocenters. The van der Waals surface area contributed by atoms with Crippen LogP contribution in [0.1, 0.15) is 54.4 Å². The summed E-state index contributed by atoms with van der Waals surface area (Å²) >= 11 is 0. The van der Waals surface area contributed by atoms with E-state index >= 15 is 0 Å². The van der Waals surface area contributed by atoms with Gasteiger partial charge in [-0.2, -0.15) is 0 Å². The maximum atomic E-state index is 6.58. The molecule has 0 aromatic rings. The molecule has 0 aliphatic heterocycles. The molecule has 0 aromatic heterocycles. The molecule has 0 saturated heterocycles. The third-order valence-corrected chi connectivity index (χ3v) is 12.3. The smallest absolute Gasteiger partial charge is 0.180 e.